The molecule has 0 spiro atoms. The van der Waals surface area contributed by atoms with Crippen LogP contribution in [0.25, 0.3) is 0 Å². The third kappa shape index (κ3) is 4.39. The van der Waals surface area contributed by atoms with Crippen molar-refractivity contribution in [3.8, 4) is 0 Å². The van der Waals surface area contributed by atoms with Crippen LogP contribution in [0.2, 0.25) is 5.02 Å². The second-order valence-corrected chi connectivity index (χ2v) is 7.54. The van der Waals surface area contributed by atoms with E-state index in [0.717, 1.165) is 16.8 Å². The Hall–Kier alpha value is -2.95. The number of hydrogen-bond acceptors (Lipinski definition) is 3. The van der Waals surface area contributed by atoms with Gasteiger partial charge in [-0.15, -0.1) is 0 Å². The lowest BCUT2D eigenvalue weighted by atomic mass is 10.1. The number of carbonyl (C=O) groups is 1. The molecule has 4 nitrogen and oxygen atoms in total. The number of nitrogens with zero attached hydrogens (tertiary/aromatic N) is 3. The van der Waals surface area contributed by atoms with Gasteiger partial charge in [-0.25, -0.2) is 5.01 Å². The van der Waals surface area contributed by atoms with Gasteiger partial charge in [0, 0.05) is 11.6 Å². The summed E-state index contributed by atoms with van der Waals surface area (Å²) in [4.78, 5) is 15.1. The SMILES string of the molecule is C/C(=N/N1C(=O)CN(Cc2ccccc2)[C@H]1c1ccccc1)c1ccc(Cl)cc1. The predicted molar refractivity (Wildman–Crippen MR) is 117 cm³/mol. The zero-order valence-corrected chi connectivity index (χ0v) is 17.0. The van der Waals surface area contributed by atoms with Crippen LogP contribution < -0.4 is 0 Å². The molecule has 4 rings (SSSR count). The topological polar surface area (TPSA) is 35.9 Å². The molecular formula is C24H22ClN3O. The van der Waals surface area contributed by atoms with E-state index in [1.165, 1.54) is 5.56 Å². The van der Waals surface area contributed by atoms with Crippen molar-refractivity contribution in [2.45, 2.75) is 19.6 Å². The van der Waals surface area contributed by atoms with Gasteiger partial charge in [0.25, 0.3) is 5.91 Å². The Kier molecular flexibility index (Phi) is 5.74. The summed E-state index contributed by atoms with van der Waals surface area (Å²) in [6.45, 7) is 2.92. The normalized spacial score (nSPS) is 17.7. The van der Waals surface area contributed by atoms with E-state index in [4.69, 9.17) is 16.7 Å². The quantitative estimate of drug-likeness (QED) is 0.555. The summed E-state index contributed by atoms with van der Waals surface area (Å²) in [6, 6.07) is 27.7. The molecular weight excluding hydrogens is 382 g/mol. The molecule has 1 atom stereocenters. The van der Waals surface area contributed by atoms with E-state index in [1.54, 1.807) is 5.01 Å². The maximum Gasteiger partial charge on any atom is 0.258 e. The monoisotopic (exact) mass is 403 g/mol. The lowest BCUT2D eigenvalue weighted by Gasteiger charge is -2.28. The van der Waals surface area contributed by atoms with Crippen molar-refractivity contribution in [2.24, 2.45) is 5.10 Å². The van der Waals surface area contributed by atoms with Gasteiger partial charge in [0.15, 0.2) is 0 Å². The van der Waals surface area contributed by atoms with Crippen LogP contribution in [0.3, 0.4) is 0 Å². The molecule has 0 unspecified atom stereocenters. The number of carbonyl (C=O) groups excluding carboxylic acids is 1. The van der Waals surface area contributed by atoms with Crippen LogP contribution in [-0.2, 0) is 11.3 Å². The van der Waals surface area contributed by atoms with Gasteiger partial charge < -0.3 is 0 Å². The van der Waals surface area contributed by atoms with Gasteiger partial charge in [-0.3, -0.25) is 9.69 Å². The first-order chi connectivity index (χ1) is 14.1. The van der Waals surface area contributed by atoms with Crippen molar-refractivity contribution in [1.82, 2.24) is 9.91 Å². The van der Waals surface area contributed by atoms with Crippen LogP contribution in [0.15, 0.2) is 90.0 Å². The molecule has 3 aromatic carbocycles. The zero-order chi connectivity index (χ0) is 20.2. The largest absolute Gasteiger partial charge is 0.271 e. The molecule has 1 heterocycles. The Balaban J connectivity index is 1.68. The molecule has 146 valence electrons. The number of halogens is 1. The summed E-state index contributed by atoms with van der Waals surface area (Å²) in [5, 5.41) is 7.01. The minimum Gasteiger partial charge on any atom is -0.271 e. The standard InChI is InChI=1S/C24H22ClN3O/c1-18(20-12-14-22(25)15-13-20)26-28-23(29)17-27(16-19-8-4-2-5-9-19)24(28)21-10-6-3-7-11-21/h2-15,24H,16-17H2,1H3/b26-18-/t24-/m1/s1. The summed E-state index contributed by atoms with van der Waals surface area (Å²) in [5.41, 5.74) is 3.93. The molecule has 1 amide bonds. The summed E-state index contributed by atoms with van der Waals surface area (Å²) in [7, 11) is 0. The molecule has 0 radical (unpaired) electrons. The van der Waals surface area contributed by atoms with Gasteiger partial charge in [-0.1, -0.05) is 84.4 Å². The molecule has 1 saturated heterocycles. The molecule has 29 heavy (non-hydrogen) atoms. The Morgan fingerprint density at radius 1 is 0.966 bits per heavy atom. The van der Waals surface area contributed by atoms with Crippen LogP contribution >= 0.6 is 11.6 Å². The van der Waals surface area contributed by atoms with Crippen LogP contribution in [0.4, 0.5) is 0 Å². The first-order valence-electron chi connectivity index (χ1n) is 9.58. The molecule has 5 heteroatoms. The fourth-order valence-electron chi connectivity index (χ4n) is 3.58. The van der Waals surface area contributed by atoms with Crippen molar-refractivity contribution in [3.63, 3.8) is 0 Å². The van der Waals surface area contributed by atoms with Gasteiger partial charge in [0.1, 0.15) is 6.17 Å². The fourth-order valence-corrected chi connectivity index (χ4v) is 3.71. The molecule has 1 fully saturated rings. The summed E-state index contributed by atoms with van der Waals surface area (Å²) in [5.74, 6) is -0.0110. The highest BCUT2D eigenvalue weighted by Gasteiger charge is 2.39. The summed E-state index contributed by atoms with van der Waals surface area (Å²) >= 11 is 6.00. The Morgan fingerprint density at radius 3 is 2.24 bits per heavy atom. The Bertz CT molecular complexity index is 1000. The number of rotatable bonds is 5. The second kappa shape index (κ2) is 8.60. The van der Waals surface area contributed by atoms with Crippen molar-refractivity contribution >= 4 is 23.2 Å². The fraction of sp³-hybridized carbons (Fsp3) is 0.167. The number of hydrogen-bond donors (Lipinski definition) is 0. The van der Waals surface area contributed by atoms with E-state index in [2.05, 4.69) is 17.0 Å². The maximum absolute atomic E-state index is 12.9. The van der Waals surface area contributed by atoms with E-state index in [1.807, 2.05) is 79.7 Å². The minimum atomic E-state index is -0.244. The maximum atomic E-state index is 12.9. The lowest BCUT2D eigenvalue weighted by Crippen LogP contribution is -2.29. The van der Waals surface area contributed by atoms with Gasteiger partial charge in [0.05, 0.1) is 12.3 Å². The predicted octanol–water partition coefficient (Wildman–Crippen LogP) is 5.11. The smallest absolute Gasteiger partial charge is 0.258 e. The van der Waals surface area contributed by atoms with Gasteiger partial charge in [0.2, 0.25) is 0 Å². The van der Waals surface area contributed by atoms with Crippen LogP contribution in [-0.4, -0.2) is 28.1 Å². The van der Waals surface area contributed by atoms with E-state index in [0.29, 0.717) is 18.1 Å². The first kappa shape index (κ1) is 19.4. The van der Waals surface area contributed by atoms with Gasteiger partial charge in [-0.05, 0) is 35.7 Å². The molecule has 0 saturated carbocycles. The average molecular weight is 404 g/mol. The van der Waals surface area contributed by atoms with Crippen LogP contribution in [0, 0.1) is 0 Å². The minimum absolute atomic E-state index is 0.0110. The molecule has 0 bridgehead atoms. The molecule has 0 aliphatic carbocycles. The molecule has 0 N–H and O–H groups in total. The third-order valence-corrected chi connectivity index (χ3v) is 5.27. The Morgan fingerprint density at radius 2 is 1.59 bits per heavy atom. The highest BCUT2D eigenvalue weighted by molar-refractivity contribution is 6.30. The highest BCUT2D eigenvalue weighted by Crippen LogP contribution is 2.32. The van der Waals surface area contributed by atoms with E-state index in [9.17, 15) is 4.79 Å². The first-order valence-corrected chi connectivity index (χ1v) is 9.96. The van der Waals surface area contributed by atoms with E-state index >= 15 is 0 Å². The number of benzene rings is 3. The molecule has 0 aromatic heterocycles. The zero-order valence-electron chi connectivity index (χ0n) is 16.2. The van der Waals surface area contributed by atoms with Crippen molar-refractivity contribution < 1.29 is 4.79 Å². The lowest BCUT2D eigenvalue weighted by molar-refractivity contribution is -0.128. The van der Waals surface area contributed by atoms with Crippen LogP contribution in [0.1, 0.15) is 29.8 Å². The Labute approximate surface area is 176 Å². The van der Waals surface area contributed by atoms with Crippen molar-refractivity contribution in [3.05, 3.63) is 107 Å². The summed E-state index contributed by atoms with van der Waals surface area (Å²) < 4.78 is 0. The molecule has 1 aliphatic rings. The van der Waals surface area contributed by atoms with Gasteiger partial charge >= 0.3 is 0 Å². The van der Waals surface area contributed by atoms with Gasteiger partial charge in [-0.2, -0.15) is 5.10 Å². The molecule has 1 aliphatic heterocycles. The number of amides is 1. The average Bonchev–Trinajstić information content (AvgIpc) is 3.04. The highest BCUT2D eigenvalue weighted by atomic mass is 35.5. The van der Waals surface area contributed by atoms with Crippen molar-refractivity contribution in [1.29, 1.82) is 0 Å². The van der Waals surface area contributed by atoms with Crippen LogP contribution in [0.5, 0.6) is 0 Å². The number of hydrazone groups is 1. The third-order valence-electron chi connectivity index (χ3n) is 5.02. The van der Waals surface area contributed by atoms with Crippen molar-refractivity contribution in [2.75, 3.05) is 6.54 Å². The summed E-state index contributed by atoms with van der Waals surface area (Å²) in [6.07, 6.45) is -0.244. The second-order valence-electron chi connectivity index (χ2n) is 7.11. The van der Waals surface area contributed by atoms with E-state index in [-0.39, 0.29) is 12.1 Å². The molecule has 3 aromatic rings. The van der Waals surface area contributed by atoms with E-state index < -0.39 is 0 Å².